The summed E-state index contributed by atoms with van der Waals surface area (Å²) in [6.45, 7) is 1.95. The summed E-state index contributed by atoms with van der Waals surface area (Å²) in [7, 11) is 2.99. The van der Waals surface area contributed by atoms with E-state index in [0.717, 1.165) is 0 Å². The van der Waals surface area contributed by atoms with Gasteiger partial charge in [-0.3, -0.25) is 4.79 Å². The summed E-state index contributed by atoms with van der Waals surface area (Å²) in [6.07, 6.45) is 1.50. The minimum Gasteiger partial charge on any atom is -0.492 e. The standard InChI is InChI=1S/C24H25N3O8/c1-4-32-24(29)18-11-15(35-27-18)10-16-17(12-25-26-23(28)14-8-6-5-7-9-14)20(31-3)22-21(19(16)30-2)33-13-34-22/h5-9,12,15H,4,10-11,13H2,1-3H3,(H,26,28)/b25-12-. The van der Waals surface area contributed by atoms with Gasteiger partial charge in [0.25, 0.3) is 5.91 Å². The van der Waals surface area contributed by atoms with Crippen LogP contribution in [0.4, 0.5) is 0 Å². The van der Waals surface area contributed by atoms with Crippen LogP contribution in [0.1, 0.15) is 34.8 Å². The van der Waals surface area contributed by atoms with Crippen molar-refractivity contribution >= 4 is 23.8 Å². The molecule has 11 nitrogen and oxygen atoms in total. The highest BCUT2D eigenvalue weighted by atomic mass is 16.7. The van der Waals surface area contributed by atoms with Crippen molar-refractivity contribution in [2.45, 2.75) is 25.9 Å². The third-order valence-corrected chi connectivity index (χ3v) is 5.35. The molecule has 2 aromatic rings. The van der Waals surface area contributed by atoms with E-state index in [-0.39, 0.29) is 37.9 Å². The van der Waals surface area contributed by atoms with E-state index in [1.54, 1.807) is 31.2 Å². The molecule has 1 unspecified atom stereocenters. The third kappa shape index (κ3) is 4.98. The summed E-state index contributed by atoms with van der Waals surface area (Å²) < 4.78 is 27.5. The van der Waals surface area contributed by atoms with Gasteiger partial charge < -0.3 is 28.5 Å². The number of nitrogens with zero attached hydrogens (tertiary/aromatic N) is 2. The van der Waals surface area contributed by atoms with Crippen molar-refractivity contribution in [3.8, 4) is 23.0 Å². The van der Waals surface area contributed by atoms with Crippen LogP contribution >= 0.6 is 0 Å². The van der Waals surface area contributed by atoms with E-state index < -0.39 is 12.1 Å². The Morgan fingerprint density at radius 3 is 2.54 bits per heavy atom. The Balaban J connectivity index is 1.64. The molecule has 2 aliphatic heterocycles. The van der Waals surface area contributed by atoms with Crippen LogP contribution in [0.15, 0.2) is 40.6 Å². The van der Waals surface area contributed by atoms with Gasteiger partial charge in [-0.2, -0.15) is 5.10 Å². The number of esters is 1. The Bertz CT molecular complexity index is 1160. The number of rotatable bonds is 9. The number of hydrazone groups is 1. The van der Waals surface area contributed by atoms with Gasteiger partial charge in [0.05, 0.1) is 27.0 Å². The van der Waals surface area contributed by atoms with Crippen LogP contribution in [-0.4, -0.2) is 57.5 Å². The molecule has 0 radical (unpaired) electrons. The molecule has 0 bridgehead atoms. The number of amides is 1. The van der Waals surface area contributed by atoms with E-state index in [4.69, 9.17) is 28.5 Å². The third-order valence-electron chi connectivity index (χ3n) is 5.35. The van der Waals surface area contributed by atoms with Crippen LogP contribution in [0.25, 0.3) is 0 Å². The lowest BCUT2D eigenvalue weighted by Crippen LogP contribution is -2.20. The van der Waals surface area contributed by atoms with Crippen molar-refractivity contribution in [1.82, 2.24) is 5.43 Å². The average molecular weight is 483 g/mol. The topological polar surface area (TPSA) is 126 Å². The first-order chi connectivity index (χ1) is 17.1. The lowest BCUT2D eigenvalue weighted by atomic mass is 9.96. The predicted octanol–water partition coefficient (Wildman–Crippen LogP) is 2.45. The molecule has 0 aromatic heterocycles. The summed E-state index contributed by atoms with van der Waals surface area (Å²) in [4.78, 5) is 29.9. The van der Waals surface area contributed by atoms with Crippen molar-refractivity contribution < 1.29 is 38.1 Å². The second-order valence-electron chi connectivity index (χ2n) is 7.48. The van der Waals surface area contributed by atoms with Gasteiger partial charge in [-0.1, -0.05) is 23.4 Å². The van der Waals surface area contributed by atoms with Crippen LogP contribution < -0.4 is 24.4 Å². The van der Waals surface area contributed by atoms with E-state index in [1.807, 2.05) is 6.07 Å². The van der Waals surface area contributed by atoms with Crippen LogP contribution in [0, 0.1) is 0 Å². The molecule has 1 atom stereocenters. The number of fused-ring (bicyclic) bond motifs is 1. The normalized spacial score (nSPS) is 16.0. The van der Waals surface area contributed by atoms with Crippen LogP contribution in [0.3, 0.4) is 0 Å². The maximum Gasteiger partial charge on any atom is 0.356 e. The van der Waals surface area contributed by atoms with Gasteiger partial charge >= 0.3 is 5.97 Å². The fourth-order valence-electron chi connectivity index (χ4n) is 3.80. The minimum atomic E-state index is -0.518. The first-order valence-corrected chi connectivity index (χ1v) is 10.9. The molecule has 0 fully saturated rings. The lowest BCUT2D eigenvalue weighted by Gasteiger charge is -2.19. The van der Waals surface area contributed by atoms with Crippen molar-refractivity contribution in [1.29, 1.82) is 0 Å². The first-order valence-electron chi connectivity index (χ1n) is 10.9. The Labute approximate surface area is 201 Å². The Hall–Kier alpha value is -4.28. The molecule has 184 valence electrons. The number of ether oxygens (including phenoxy) is 5. The molecule has 0 aliphatic carbocycles. The molecule has 2 aliphatic rings. The van der Waals surface area contributed by atoms with Crippen molar-refractivity contribution in [3.63, 3.8) is 0 Å². The molecule has 0 spiro atoms. The maximum absolute atomic E-state index is 12.4. The number of oxime groups is 1. The molecule has 0 saturated carbocycles. The van der Waals surface area contributed by atoms with Gasteiger partial charge in [0, 0.05) is 29.5 Å². The number of benzene rings is 2. The fraction of sp³-hybridized carbons (Fsp3) is 0.333. The zero-order valence-electron chi connectivity index (χ0n) is 19.5. The van der Waals surface area contributed by atoms with Crippen LogP contribution in [-0.2, 0) is 20.8 Å². The Morgan fingerprint density at radius 2 is 1.86 bits per heavy atom. The van der Waals surface area contributed by atoms with Gasteiger partial charge in [-0.15, -0.1) is 0 Å². The molecule has 4 rings (SSSR count). The lowest BCUT2D eigenvalue weighted by molar-refractivity contribution is -0.135. The molecular weight excluding hydrogens is 458 g/mol. The SMILES string of the molecule is CCOC(=O)C1=NOC(Cc2c(/C=N\NC(=O)c3ccccc3)c(OC)c3c(c2OC)OCO3)C1. The summed E-state index contributed by atoms with van der Waals surface area (Å²) in [5, 5.41) is 8.00. The van der Waals surface area contributed by atoms with Crippen LogP contribution in [0.2, 0.25) is 0 Å². The highest BCUT2D eigenvalue weighted by Gasteiger charge is 2.34. The average Bonchev–Trinajstić information content (AvgIpc) is 3.55. The zero-order chi connectivity index (χ0) is 24.8. The largest absolute Gasteiger partial charge is 0.492 e. The second-order valence-corrected chi connectivity index (χ2v) is 7.48. The molecule has 35 heavy (non-hydrogen) atoms. The number of hydrogen-bond acceptors (Lipinski definition) is 10. The van der Waals surface area contributed by atoms with E-state index in [2.05, 4.69) is 15.7 Å². The number of carbonyl (C=O) groups is 2. The fourth-order valence-corrected chi connectivity index (χ4v) is 3.80. The second kappa shape index (κ2) is 10.8. The van der Waals surface area contributed by atoms with Crippen molar-refractivity contribution in [2.75, 3.05) is 27.6 Å². The van der Waals surface area contributed by atoms with E-state index in [0.29, 0.717) is 39.7 Å². The van der Waals surface area contributed by atoms with Gasteiger partial charge in [-0.05, 0) is 19.1 Å². The monoisotopic (exact) mass is 483 g/mol. The Morgan fingerprint density at radius 1 is 1.14 bits per heavy atom. The number of hydrogen-bond donors (Lipinski definition) is 1. The highest BCUT2D eigenvalue weighted by molar-refractivity contribution is 6.36. The van der Waals surface area contributed by atoms with Gasteiger partial charge in [0.2, 0.25) is 18.3 Å². The van der Waals surface area contributed by atoms with Crippen LogP contribution in [0.5, 0.6) is 23.0 Å². The smallest absolute Gasteiger partial charge is 0.356 e. The molecule has 0 saturated heterocycles. The quantitative estimate of drug-likeness (QED) is 0.327. The zero-order valence-corrected chi connectivity index (χ0v) is 19.5. The molecule has 1 N–H and O–H groups in total. The summed E-state index contributed by atoms with van der Waals surface area (Å²) in [5.74, 6) is 0.615. The first kappa shape index (κ1) is 23.9. The molecule has 11 heteroatoms. The van der Waals surface area contributed by atoms with Crippen molar-refractivity contribution in [3.05, 3.63) is 47.0 Å². The number of nitrogens with one attached hydrogen (secondary N) is 1. The Kier molecular flexibility index (Phi) is 7.34. The van der Waals surface area contributed by atoms with E-state index >= 15 is 0 Å². The van der Waals surface area contributed by atoms with E-state index in [1.165, 1.54) is 20.4 Å². The minimum absolute atomic E-state index is 0.0110. The maximum atomic E-state index is 12.4. The molecule has 2 heterocycles. The van der Waals surface area contributed by atoms with Crippen molar-refractivity contribution in [2.24, 2.45) is 10.3 Å². The highest BCUT2D eigenvalue weighted by Crippen LogP contribution is 2.52. The summed E-state index contributed by atoms with van der Waals surface area (Å²) >= 11 is 0. The molecule has 2 aromatic carbocycles. The number of carbonyl (C=O) groups excluding carboxylic acids is 2. The predicted molar refractivity (Wildman–Crippen MR) is 124 cm³/mol. The van der Waals surface area contributed by atoms with Gasteiger partial charge in [0.15, 0.2) is 17.2 Å². The summed E-state index contributed by atoms with van der Waals surface area (Å²) in [5.41, 5.74) is 4.29. The van der Waals surface area contributed by atoms with E-state index in [9.17, 15) is 9.59 Å². The molecular formula is C24H25N3O8. The van der Waals surface area contributed by atoms with Gasteiger partial charge in [0.1, 0.15) is 6.10 Å². The molecule has 1 amide bonds. The summed E-state index contributed by atoms with van der Waals surface area (Å²) in [6, 6.07) is 8.70. The number of methoxy groups -OCH3 is 2. The van der Waals surface area contributed by atoms with Gasteiger partial charge in [-0.25, -0.2) is 10.2 Å².